The van der Waals surface area contributed by atoms with Gasteiger partial charge in [-0.3, -0.25) is 0 Å². The molecule has 0 unspecified atom stereocenters. The zero-order valence-corrected chi connectivity index (χ0v) is 6.23. The first-order chi connectivity index (χ1) is 4.76. The molecular formula is C8H11FO. The maximum absolute atomic E-state index is 12.6. The lowest BCUT2D eigenvalue weighted by Crippen LogP contribution is -1.83. The number of methoxy groups -OCH3 is 1. The summed E-state index contributed by atoms with van der Waals surface area (Å²) in [5.74, 6) is -0.238. The molecule has 0 atom stereocenters. The molecule has 0 aromatic heterocycles. The first kappa shape index (κ1) is 8.95. The van der Waals surface area contributed by atoms with Crippen molar-refractivity contribution in [1.29, 1.82) is 0 Å². The highest BCUT2D eigenvalue weighted by atomic mass is 19.1. The second-order valence-corrected chi connectivity index (χ2v) is 1.62. The number of allylic oxidation sites excluding steroid dienone is 4. The van der Waals surface area contributed by atoms with E-state index in [-0.39, 0.29) is 5.76 Å². The largest absolute Gasteiger partial charge is 0.494 e. The van der Waals surface area contributed by atoms with E-state index in [4.69, 9.17) is 0 Å². The van der Waals surface area contributed by atoms with Crippen LogP contribution in [-0.4, -0.2) is 7.11 Å². The first-order valence-corrected chi connectivity index (χ1v) is 2.95. The Balaban J connectivity index is 4.44. The van der Waals surface area contributed by atoms with E-state index >= 15 is 0 Å². The van der Waals surface area contributed by atoms with Gasteiger partial charge in [0.25, 0.3) is 0 Å². The van der Waals surface area contributed by atoms with Crippen molar-refractivity contribution in [2.45, 2.75) is 6.92 Å². The summed E-state index contributed by atoms with van der Waals surface area (Å²) < 4.78 is 17.3. The van der Waals surface area contributed by atoms with Crippen LogP contribution in [0.2, 0.25) is 0 Å². The molecule has 0 aromatic rings. The highest BCUT2D eigenvalue weighted by Crippen LogP contribution is 2.08. The highest BCUT2D eigenvalue weighted by Gasteiger charge is 1.96. The smallest absolute Gasteiger partial charge is 0.164 e. The average molecular weight is 142 g/mol. The van der Waals surface area contributed by atoms with Crippen molar-refractivity contribution in [2.75, 3.05) is 7.11 Å². The second kappa shape index (κ2) is 4.79. The van der Waals surface area contributed by atoms with Crippen molar-refractivity contribution in [3.63, 3.8) is 0 Å². The molecule has 0 saturated carbocycles. The molecule has 0 aliphatic rings. The Kier molecular flexibility index (Phi) is 4.29. The third-order valence-electron chi connectivity index (χ3n) is 0.953. The van der Waals surface area contributed by atoms with Gasteiger partial charge >= 0.3 is 0 Å². The van der Waals surface area contributed by atoms with Gasteiger partial charge in [-0.25, -0.2) is 4.39 Å². The molecule has 1 nitrogen and oxygen atoms in total. The Labute approximate surface area is 60.5 Å². The maximum atomic E-state index is 12.6. The normalized spacial score (nSPS) is 13.1. The molecule has 0 rings (SSSR count). The number of rotatable bonds is 3. The van der Waals surface area contributed by atoms with Crippen molar-refractivity contribution >= 4 is 0 Å². The van der Waals surface area contributed by atoms with Crippen LogP contribution in [-0.2, 0) is 4.74 Å². The monoisotopic (exact) mass is 142 g/mol. The molecule has 0 bridgehead atoms. The van der Waals surface area contributed by atoms with Crippen LogP contribution in [0.3, 0.4) is 0 Å². The predicted molar refractivity (Wildman–Crippen MR) is 40.2 cm³/mol. The third kappa shape index (κ3) is 2.49. The third-order valence-corrected chi connectivity index (χ3v) is 0.953. The van der Waals surface area contributed by atoms with Gasteiger partial charge in [0, 0.05) is 0 Å². The molecule has 56 valence electrons. The summed E-state index contributed by atoms with van der Waals surface area (Å²) in [6.07, 6.45) is 4.34. The summed E-state index contributed by atoms with van der Waals surface area (Å²) in [4.78, 5) is 0. The van der Waals surface area contributed by atoms with Gasteiger partial charge in [0.05, 0.1) is 7.11 Å². The number of ether oxygens (including phenoxy) is 1. The zero-order chi connectivity index (χ0) is 7.98. The predicted octanol–water partition coefficient (Wildman–Crippen LogP) is 2.58. The summed E-state index contributed by atoms with van der Waals surface area (Å²) in [5.41, 5.74) is 0. The van der Waals surface area contributed by atoms with Crippen LogP contribution in [0.5, 0.6) is 0 Å². The standard InChI is InChI=1S/C8H11FO/c1-4-6-8(10-3)7(9)5-2/h4-6H,2H2,1,3H3/b6-4-,8-7-. The molecule has 0 amide bonds. The number of hydrogen-bond donors (Lipinski definition) is 0. The van der Waals surface area contributed by atoms with Crippen molar-refractivity contribution in [3.8, 4) is 0 Å². The average Bonchev–Trinajstić information content (AvgIpc) is 1.99. The highest BCUT2D eigenvalue weighted by molar-refractivity contribution is 5.22. The van der Waals surface area contributed by atoms with Gasteiger partial charge in [-0.2, -0.15) is 0 Å². The van der Waals surface area contributed by atoms with Crippen LogP contribution in [0, 0.1) is 0 Å². The van der Waals surface area contributed by atoms with E-state index in [1.165, 1.54) is 13.2 Å². The van der Waals surface area contributed by atoms with Crippen molar-refractivity contribution in [2.24, 2.45) is 0 Å². The van der Waals surface area contributed by atoms with Crippen molar-refractivity contribution < 1.29 is 9.13 Å². The molecule has 0 N–H and O–H groups in total. The Morgan fingerprint density at radius 3 is 2.50 bits per heavy atom. The van der Waals surface area contributed by atoms with Crippen LogP contribution in [0.4, 0.5) is 4.39 Å². The minimum absolute atomic E-state index is 0.206. The molecule has 0 saturated heterocycles. The fourth-order valence-electron chi connectivity index (χ4n) is 0.497. The van der Waals surface area contributed by atoms with E-state index in [1.54, 1.807) is 13.0 Å². The molecule has 0 aliphatic carbocycles. The van der Waals surface area contributed by atoms with Gasteiger partial charge in [0.15, 0.2) is 11.6 Å². The summed E-state index contributed by atoms with van der Waals surface area (Å²) >= 11 is 0. The lowest BCUT2D eigenvalue weighted by Gasteiger charge is -1.98. The van der Waals surface area contributed by atoms with Gasteiger partial charge in [-0.15, -0.1) is 0 Å². The fourth-order valence-corrected chi connectivity index (χ4v) is 0.497. The number of hydrogen-bond acceptors (Lipinski definition) is 1. The van der Waals surface area contributed by atoms with Gasteiger partial charge in [0.1, 0.15) is 0 Å². The van der Waals surface area contributed by atoms with E-state index in [9.17, 15) is 4.39 Å². The summed E-state index contributed by atoms with van der Waals surface area (Å²) in [7, 11) is 1.42. The van der Waals surface area contributed by atoms with Gasteiger partial charge in [-0.05, 0) is 19.1 Å². The Hall–Kier alpha value is -1.05. The maximum Gasteiger partial charge on any atom is 0.164 e. The molecule has 0 spiro atoms. The second-order valence-electron chi connectivity index (χ2n) is 1.62. The molecule has 2 heteroatoms. The van der Waals surface area contributed by atoms with E-state index in [0.29, 0.717) is 0 Å². The van der Waals surface area contributed by atoms with Gasteiger partial charge < -0.3 is 4.74 Å². The lowest BCUT2D eigenvalue weighted by atomic mass is 10.4. The molecular weight excluding hydrogens is 131 g/mol. The van der Waals surface area contributed by atoms with Crippen LogP contribution in [0.1, 0.15) is 6.92 Å². The molecule has 0 radical (unpaired) electrons. The van der Waals surface area contributed by atoms with Gasteiger partial charge in [-0.1, -0.05) is 12.7 Å². The van der Waals surface area contributed by atoms with E-state index < -0.39 is 5.83 Å². The first-order valence-electron chi connectivity index (χ1n) is 2.95. The number of halogens is 1. The molecule has 0 fully saturated rings. The molecule has 0 heterocycles. The summed E-state index contributed by atoms with van der Waals surface area (Å²) in [6, 6.07) is 0. The Morgan fingerprint density at radius 1 is 1.60 bits per heavy atom. The minimum Gasteiger partial charge on any atom is -0.494 e. The van der Waals surface area contributed by atoms with Crippen LogP contribution < -0.4 is 0 Å². The molecule has 0 aromatic carbocycles. The zero-order valence-electron chi connectivity index (χ0n) is 6.23. The molecule has 10 heavy (non-hydrogen) atoms. The topological polar surface area (TPSA) is 9.23 Å². The van der Waals surface area contributed by atoms with E-state index in [2.05, 4.69) is 11.3 Å². The lowest BCUT2D eigenvalue weighted by molar-refractivity contribution is 0.293. The van der Waals surface area contributed by atoms with Gasteiger partial charge in [0.2, 0.25) is 0 Å². The van der Waals surface area contributed by atoms with E-state index in [0.717, 1.165) is 6.08 Å². The quantitative estimate of drug-likeness (QED) is 0.434. The SMILES string of the molecule is C=C/C(F)=C(\C=C/C)OC. The Morgan fingerprint density at radius 2 is 2.20 bits per heavy atom. The van der Waals surface area contributed by atoms with Crippen LogP contribution in [0.25, 0.3) is 0 Å². The fraction of sp³-hybridized carbons (Fsp3) is 0.250. The summed E-state index contributed by atoms with van der Waals surface area (Å²) in [5, 5.41) is 0. The van der Waals surface area contributed by atoms with E-state index in [1.807, 2.05) is 0 Å². The van der Waals surface area contributed by atoms with Crippen LogP contribution in [0.15, 0.2) is 36.4 Å². The molecule has 0 aliphatic heterocycles. The summed E-state index contributed by atoms with van der Waals surface area (Å²) in [6.45, 7) is 5.05. The van der Waals surface area contributed by atoms with Crippen LogP contribution >= 0.6 is 0 Å². The van der Waals surface area contributed by atoms with Crippen molar-refractivity contribution in [3.05, 3.63) is 36.4 Å². The van der Waals surface area contributed by atoms with Crippen molar-refractivity contribution in [1.82, 2.24) is 0 Å². The minimum atomic E-state index is -0.444. The Bertz CT molecular complexity index is 168.